The van der Waals surface area contributed by atoms with Crippen LogP contribution < -0.4 is 44.9 Å². The van der Waals surface area contributed by atoms with Crippen LogP contribution >= 0.6 is 21.6 Å². The smallest absolute Gasteiger partial charge is 0.261 e. The van der Waals surface area contributed by atoms with Gasteiger partial charge < -0.3 is 53.1 Å². The second-order valence-corrected chi connectivity index (χ2v) is 22.2. The predicted octanol–water partition coefficient (Wildman–Crippen LogP) is 9.07. The second kappa shape index (κ2) is 24.6. The highest BCUT2D eigenvalue weighted by atomic mass is 33.1. The van der Waals surface area contributed by atoms with E-state index in [1.54, 1.807) is 50.3 Å². The van der Waals surface area contributed by atoms with E-state index in [-0.39, 0.29) is 41.9 Å². The summed E-state index contributed by atoms with van der Waals surface area (Å²) in [5.74, 6) is 7.81. The van der Waals surface area contributed by atoms with E-state index in [9.17, 15) is 9.59 Å². The van der Waals surface area contributed by atoms with Crippen molar-refractivity contribution in [3.8, 4) is 23.0 Å². The highest BCUT2D eigenvalue weighted by Crippen LogP contribution is 2.44. The van der Waals surface area contributed by atoms with Crippen LogP contribution in [0.3, 0.4) is 0 Å². The van der Waals surface area contributed by atoms with Crippen LogP contribution in [-0.4, -0.2) is 121 Å². The fraction of sp³-hybridized carbons (Fsp3) is 0.411. The van der Waals surface area contributed by atoms with E-state index < -0.39 is 0 Å². The molecule has 0 spiro atoms. The third-order valence-corrected chi connectivity index (χ3v) is 16.7. The highest BCUT2D eigenvalue weighted by molar-refractivity contribution is 8.77. The van der Waals surface area contributed by atoms with Gasteiger partial charge in [-0.1, -0.05) is 58.0 Å². The van der Waals surface area contributed by atoms with E-state index in [2.05, 4.69) is 54.4 Å². The van der Waals surface area contributed by atoms with Crippen molar-refractivity contribution in [2.45, 2.75) is 63.2 Å². The summed E-state index contributed by atoms with van der Waals surface area (Å²) < 4.78 is 41.9. The standard InChI is InChI=1S/C56H66N6O10S2/c1-56(2,74-73-22-10-16-72-57)36-60(15-17-68-20-21-69-19-18-65-3)41-24-37(34-70-52-30-46-44(28-50(52)66-4)54(63)61-42(32-58-46)26-39-11-6-8-13-48(39)61)23-38(25-41)35-71-53-31-47-45(29-51(53)67-5)55(64)62-43(33-59-47)27-40-12-7-9-14-49(40)62/h6-9,11-14,23-25,28-32,42-43,59H,10,15-22,26-27,33-36,57H2,1-5H3/t42-,43-/m0/s1. The van der Waals surface area contributed by atoms with Crippen molar-refractivity contribution in [3.05, 3.63) is 124 Å². The summed E-state index contributed by atoms with van der Waals surface area (Å²) in [7, 11) is 8.44. The van der Waals surface area contributed by atoms with Crippen molar-refractivity contribution >= 4 is 68.1 Å². The van der Waals surface area contributed by atoms with Gasteiger partial charge in [0.1, 0.15) is 13.2 Å². The minimum absolute atomic E-state index is 0.0155. The third-order valence-electron chi connectivity index (χ3n) is 13.3. The van der Waals surface area contributed by atoms with Gasteiger partial charge in [-0.05, 0) is 91.4 Å². The van der Waals surface area contributed by atoms with E-state index in [4.69, 9.17) is 48.9 Å². The molecule has 0 fully saturated rings. The van der Waals surface area contributed by atoms with Gasteiger partial charge in [0.2, 0.25) is 0 Å². The summed E-state index contributed by atoms with van der Waals surface area (Å²) >= 11 is 0. The number of carbonyl (C=O) groups excluding carboxylic acids is 2. The maximum atomic E-state index is 14.2. The summed E-state index contributed by atoms with van der Waals surface area (Å²) in [5, 5.41) is 3.55. The van der Waals surface area contributed by atoms with E-state index in [0.717, 1.165) is 57.9 Å². The molecule has 0 saturated carbocycles. The zero-order chi connectivity index (χ0) is 51.6. The highest BCUT2D eigenvalue weighted by Gasteiger charge is 2.39. The molecule has 0 unspecified atom stereocenters. The summed E-state index contributed by atoms with van der Waals surface area (Å²) in [5.41, 5.74) is 8.98. The molecule has 0 aromatic heterocycles. The topological polar surface area (TPSA) is 168 Å². The number of hydrogen-bond donors (Lipinski definition) is 2. The molecular weight excluding hydrogens is 981 g/mol. The number of aliphatic imine (C=N–C) groups is 1. The van der Waals surface area contributed by atoms with Crippen LogP contribution in [0.2, 0.25) is 0 Å². The van der Waals surface area contributed by atoms with Crippen molar-refractivity contribution in [2.75, 3.05) is 106 Å². The Kier molecular flexibility index (Phi) is 17.6. The molecule has 2 amide bonds. The molecule has 4 aliphatic rings. The van der Waals surface area contributed by atoms with Crippen LogP contribution in [0.1, 0.15) is 63.2 Å². The maximum Gasteiger partial charge on any atom is 0.261 e. The fourth-order valence-corrected chi connectivity index (χ4v) is 12.4. The Balaban J connectivity index is 1.00. The van der Waals surface area contributed by atoms with Crippen molar-refractivity contribution < 1.29 is 47.6 Å². The van der Waals surface area contributed by atoms with Crippen molar-refractivity contribution in [1.82, 2.24) is 0 Å². The molecule has 4 aliphatic heterocycles. The first kappa shape index (κ1) is 52.9. The van der Waals surface area contributed by atoms with Crippen LogP contribution in [0.4, 0.5) is 28.4 Å². The number of methoxy groups -OCH3 is 3. The monoisotopic (exact) mass is 1050 g/mol. The quantitative estimate of drug-likeness (QED) is 0.0306. The molecular formula is C56H66N6O10S2. The van der Waals surface area contributed by atoms with Crippen LogP contribution in [0.15, 0.2) is 96.0 Å². The summed E-state index contributed by atoms with van der Waals surface area (Å²) in [4.78, 5) is 44.2. The van der Waals surface area contributed by atoms with Gasteiger partial charge in [0.15, 0.2) is 23.0 Å². The number of anilines is 4. The Morgan fingerprint density at radius 2 is 1.36 bits per heavy atom. The lowest BCUT2D eigenvalue weighted by atomic mass is 10.1. The lowest BCUT2D eigenvalue weighted by Crippen LogP contribution is -2.39. The molecule has 0 aliphatic carbocycles. The lowest BCUT2D eigenvalue weighted by Gasteiger charge is -2.34. The van der Waals surface area contributed by atoms with Gasteiger partial charge in [0.05, 0.1) is 88.4 Å². The van der Waals surface area contributed by atoms with E-state index in [1.165, 1.54) is 0 Å². The van der Waals surface area contributed by atoms with Crippen LogP contribution in [-0.2, 0) is 45.1 Å². The van der Waals surface area contributed by atoms with Gasteiger partial charge in [-0.25, -0.2) is 5.90 Å². The van der Waals surface area contributed by atoms with Gasteiger partial charge >= 0.3 is 0 Å². The first-order chi connectivity index (χ1) is 36.1. The Morgan fingerprint density at radius 3 is 2.07 bits per heavy atom. The molecule has 392 valence electrons. The summed E-state index contributed by atoms with van der Waals surface area (Å²) in [6, 6.07) is 29.4. The van der Waals surface area contributed by atoms with Gasteiger partial charge in [-0.15, -0.1) is 0 Å². The number of nitrogens with two attached hydrogens (primary N) is 1. The third kappa shape index (κ3) is 12.2. The molecule has 4 heterocycles. The minimum Gasteiger partial charge on any atom is -0.493 e. The zero-order valence-electron chi connectivity index (χ0n) is 42.8. The van der Waals surface area contributed by atoms with E-state index in [1.807, 2.05) is 69.3 Å². The van der Waals surface area contributed by atoms with E-state index in [0.29, 0.717) is 111 Å². The SMILES string of the molecule is COCCOCCOCCN(CC(C)(C)SSCCCON)c1cc(COc2cc3c(cc2OC)C(=O)N2c4ccccc4C[C@H]2C=N3)cc(COc2cc3c(cc2OC)C(=O)N2c4ccccc4C[C@H]2CN3)c1. The Labute approximate surface area is 441 Å². The molecule has 5 aromatic rings. The maximum absolute atomic E-state index is 14.2. The van der Waals surface area contributed by atoms with Crippen LogP contribution in [0.25, 0.3) is 0 Å². The van der Waals surface area contributed by atoms with Gasteiger partial charge in [0, 0.05) is 79.1 Å². The zero-order valence-corrected chi connectivity index (χ0v) is 44.4. The molecule has 0 radical (unpaired) electrons. The fourth-order valence-electron chi connectivity index (χ4n) is 9.84. The number of benzene rings is 5. The average Bonchev–Trinajstić information content (AvgIpc) is 3.90. The van der Waals surface area contributed by atoms with Crippen LogP contribution in [0.5, 0.6) is 23.0 Å². The molecule has 16 nitrogen and oxygen atoms in total. The van der Waals surface area contributed by atoms with Crippen molar-refractivity contribution in [1.29, 1.82) is 0 Å². The normalized spacial score (nSPS) is 16.3. The number of hydrogen-bond acceptors (Lipinski definition) is 16. The minimum atomic E-state index is -0.193. The number of nitrogens with one attached hydrogen (secondary N) is 1. The van der Waals surface area contributed by atoms with Crippen LogP contribution in [0, 0.1) is 0 Å². The molecule has 9 rings (SSSR count). The molecule has 5 aromatic carbocycles. The Hall–Kier alpha value is -5.99. The Bertz CT molecular complexity index is 2810. The first-order valence-electron chi connectivity index (χ1n) is 25.0. The average molecular weight is 1050 g/mol. The first-order valence-corrected chi connectivity index (χ1v) is 27.3. The predicted molar refractivity (Wildman–Crippen MR) is 294 cm³/mol. The molecule has 0 bridgehead atoms. The lowest BCUT2D eigenvalue weighted by molar-refractivity contribution is 0.0264. The Morgan fingerprint density at radius 1 is 0.730 bits per heavy atom. The van der Waals surface area contributed by atoms with Crippen molar-refractivity contribution in [3.63, 3.8) is 0 Å². The molecule has 18 heteroatoms. The number of rotatable bonds is 26. The number of amides is 2. The van der Waals surface area contributed by atoms with Gasteiger partial charge in [0.25, 0.3) is 11.8 Å². The molecule has 0 saturated heterocycles. The number of carbonyl (C=O) groups is 2. The summed E-state index contributed by atoms with van der Waals surface area (Å²) in [6.07, 6.45) is 4.17. The second-order valence-electron chi connectivity index (χ2n) is 19.1. The largest absolute Gasteiger partial charge is 0.493 e. The number of para-hydroxylation sites is 2. The number of nitrogens with zero attached hydrogens (tertiary/aromatic N) is 4. The van der Waals surface area contributed by atoms with Crippen molar-refractivity contribution in [2.24, 2.45) is 10.9 Å². The van der Waals surface area contributed by atoms with Gasteiger partial charge in [-0.3, -0.25) is 19.5 Å². The summed E-state index contributed by atoms with van der Waals surface area (Å²) in [6.45, 7) is 9.57. The molecule has 3 N–H and O–H groups in total. The number of fused-ring (bicyclic) bond motifs is 8. The molecule has 74 heavy (non-hydrogen) atoms. The molecule has 2 atom stereocenters. The van der Waals surface area contributed by atoms with E-state index >= 15 is 0 Å². The number of ether oxygens (including phenoxy) is 7. The van der Waals surface area contributed by atoms with Gasteiger partial charge in [-0.2, -0.15) is 0 Å².